The molecular formula is C30H63N2O7P. The van der Waals surface area contributed by atoms with E-state index < -0.39 is 32.0 Å². The predicted octanol–water partition coefficient (Wildman–Crippen LogP) is 6.52. The average Bonchev–Trinajstić information content (AvgIpc) is 2.92. The summed E-state index contributed by atoms with van der Waals surface area (Å²) in [4.78, 5) is 22.5. The van der Waals surface area contributed by atoms with Crippen molar-refractivity contribution in [3.8, 4) is 0 Å². The number of carbonyl (C=O) groups is 1. The number of nitrogens with one attached hydrogen (secondary N) is 1. The fraction of sp³-hybridized carbons (Fsp3) is 0.967. The van der Waals surface area contributed by atoms with Crippen LogP contribution < -0.4 is 11.1 Å². The number of aliphatic hydroxyl groups excluding tert-OH is 2. The van der Waals surface area contributed by atoms with E-state index in [9.17, 15) is 24.5 Å². The van der Waals surface area contributed by atoms with E-state index in [1.54, 1.807) is 0 Å². The van der Waals surface area contributed by atoms with Crippen molar-refractivity contribution in [3.05, 3.63) is 0 Å². The van der Waals surface area contributed by atoms with Crippen LogP contribution in [0.4, 0.5) is 0 Å². The van der Waals surface area contributed by atoms with Crippen molar-refractivity contribution in [2.45, 2.75) is 167 Å². The molecule has 0 aromatic carbocycles. The summed E-state index contributed by atoms with van der Waals surface area (Å²) < 4.78 is 21.9. The van der Waals surface area contributed by atoms with E-state index in [0.717, 1.165) is 38.5 Å². The molecular weight excluding hydrogens is 531 g/mol. The number of aliphatic hydroxyl groups is 2. The van der Waals surface area contributed by atoms with E-state index in [1.807, 2.05) is 0 Å². The fourth-order valence-corrected chi connectivity index (χ4v) is 5.53. The van der Waals surface area contributed by atoms with Crippen molar-refractivity contribution in [3.63, 3.8) is 0 Å². The highest BCUT2D eigenvalue weighted by Gasteiger charge is 2.28. The van der Waals surface area contributed by atoms with Crippen LogP contribution in [0.25, 0.3) is 0 Å². The van der Waals surface area contributed by atoms with Crippen LogP contribution in [0, 0.1) is 0 Å². The molecule has 10 heteroatoms. The van der Waals surface area contributed by atoms with Gasteiger partial charge in [0, 0.05) is 6.54 Å². The SMILES string of the molecule is CCCCCCCCCCCCC(O)CC(=O)NC(COP(=O)(O)OCCN)C(O)CCCCCCCCCC. The second kappa shape index (κ2) is 27.3. The normalized spacial score (nSPS) is 15.4. The van der Waals surface area contributed by atoms with Crippen molar-refractivity contribution in [1.29, 1.82) is 0 Å². The molecule has 0 rings (SSSR count). The third-order valence-electron chi connectivity index (χ3n) is 7.27. The number of unbranched alkanes of at least 4 members (excludes halogenated alkanes) is 16. The van der Waals surface area contributed by atoms with Crippen LogP contribution in [0.15, 0.2) is 0 Å². The molecule has 4 atom stereocenters. The monoisotopic (exact) mass is 594 g/mol. The van der Waals surface area contributed by atoms with Crippen LogP contribution in [0.5, 0.6) is 0 Å². The summed E-state index contributed by atoms with van der Waals surface area (Å²) in [6.07, 6.45) is 20.2. The lowest BCUT2D eigenvalue weighted by Crippen LogP contribution is -2.47. The first kappa shape index (κ1) is 39.5. The first-order valence-electron chi connectivity index (χ1n) is 16.2. The molecule has 0 heterocycles. The minimum Gasteiger partial charge on any atom is -0.393 e. The molecule has 0 aromatic rings. The summed E-state index contributed by atoms with van der Waals surface area (Å²) >= 11 is 0. The van der Waals surface area contributed by atoms with Crippen molar-refractivity contribution in [2.75, 3.05) is 19.8 Å². The van der Waals surface area contributed by atoms with E-state index in [1.165, 1.54) is 77.0 Å². The van der Waals surface area contributed by atoms with E-state index >= 15 is 0 Å². The molecule has 0 aliphatic carbocycles. The molecule has 0 spiro atoms. The number of phosphoric acid groups is 1. The highest BCUT2D eigenvalue weighted by atomic mass is 31.2. The number of phosphoric ester groups is 1. The molecule has 0 aliphatic rings. The Labute approximate surface area is 245 Å². The van der Waals surface area contributed by atoms with E-state index in [-0.39, 0.29) is 26.2 Å². The van der Waals surface area contributed by atoms with Gasteiger partial charge in [0.05, 0.1) is 37.9 Å². The highest BCUT2D eigenvalue weighted by Crippen LogP contribution is 2.43. The molecule has 40 heavy (non-hydrogen) atoms. The average molecular weight is 595 g/mol. The minimum atomic E-state index is -4.35. The molecule has 4 unspecified atom stereocenters. The van der Waals surface area contributed by atoms with Gasteiger partial charge in [0.1, 0.15) is 0 Å². The predicted molar refractivity (Wildman–Crippen MR) is 163 cm³/mol. The Morgan fingerprint density at radius 3 is 1.68 bits per heavy atom. The lowest BCUT2D eigenvalue weighted by Gasteiger charge is -2.25. The number of carbonyl (C=O) groups excluding carboxylic acids is 1. The maximum Gasteiger partial charge on any atom is 0.472 e. The summed E-state index contributed by atoms with van der Waals surface area (Å²) in [5, 5.41) is 23.8. The fourth-order valence-electron chi connectivity index (χ4n) is 4.77. The number of rotatable bonds is 30. The van der Waals surface area contributed by atoms with E-state index in [4.69, 9.17) is 14.8 Å². The Bertz CT molecular complexity index is 627. The van der Waals surface area contributed by atoms with Gasteiger partial charge in [-0.1, -0.05) is 129 Å². The van der Waals surface area contributed by atoms with E-state index in [0.29, 0.717) is 12.8 Å². The van der Waals surface area contributed by atoms with Crippen molar-refractivity contribution < 1.29 is 33.5 Å². The maximum absolute atomic E-state index is 12.6. The molecule has 0 radical (unpaired) electrons. The number of nitrogens with two attached hydrogens (primary N) is 1. The summed E-state index contributed by atoms with van der Waals surface area (Å²) in [5.41, 5.74) is 5.32. The first-order valence-corrected chi connectivity index (χ1v) is 17.7. The van der Waals surface area contributed by atoms with Gasteiger partial charge in [0.25, 0.3) is 0 Å². The standard InChI is InChI=1S/C30H63N2O7P/c1-3-5-7-9-11-13-14-15-17-19-21-27(33)25-30(35)32-28(26-39-40(36,37)38-24-23-31)29(34)22-20-18-16-12-10-8-6-4-2/h27-29,33-34H,3-26,31H2,1-2H3,(H,32,35)(H,36,37). The maximum atomic E-state index is 12.6. The lowest BCUT2D eigenvalue weighted by molar-refractivity contribution is -0.125. The topological polar surface area (TPSA) is 151 Å². The van der Waals surface area contributed by atoms with E-state index in [2.05, 4.69) is 19.2 Å². The molecule has 0 saturated heterocycles. The first-order chi connectivity index (χ1) is 19.3. The summed E-state index contributed by atoms with van der Waals surface area (Å²) in [5.74, 6) is -0.418. The van der Waals surface area contributed by atoms with Gasteiger partial charge in [-0.25, -0.2) is 4.57 Å². The molecule has 6 N–H and O–H groups in total. The quantitative estimate of drug-likeness (QED) is 0.0466. The molecule has 0 aromatic heterocycles. The third kappa shape index (κ3) is 25.2. The Morgan fingerprint density at radius 1 is 0.750 bits per heavy atom. The van der Waals surface area contributed by atoms with Gasteiger partial charge in [0.2, 0.25) is 5.91 Å². The second-order valence-electron chi connectivity index (χ2n) is 11.2. The largest absolute Gasteiger partial charge is 0.472 e. The summed E-state index contributed by atoms with van der Waals surface area (Å²) in [7, 11) is -4.35. The Kier molecular flexibility index (Phi) is 26.9. The molecule has 9 nitrogen and oxygen atoms in total. The van der Waals surface area contributed by atoms with Crippen LogP contribution in [0.3, 0.4) is 0 Å². The van der Waals surface area contributed by atoms with Crippen LogP contribution in [0.2, 0.25) is 0 Å². The van der Waals surface area contributed by atoms with Gasteiger partial charge in [-0.05, 0) is 12.8 Å². The van der Waals surface area contributed by atoms with Crippen LogP contribution in [-0.2, 0) is 18.4 Å². The number of hydrogen-bond acceptors (Lipinski definition) is 7. The van der Waals surface area contributed by atoms with Crippen molar-refractivity contribution in [1.82, 2.24) is 5.32 Å². The van der Waals surface area contributed by atoms with Crippen molar-refractivity contribution >= 4 is 13.7 Å². The van der Waals surface area contributed by atoms with Crippen LogP contribution in [0.1, 0.15) is 149 Å². The molecule has 240 valence electrons. The number of hydrogen-bond donors (Lipinski definition) is 5. The molecule has 0 fully saturated rings. The highest BCUT2D eigenvalue weighted by molar-refractivity contribution is 7.47. The molecule has 0 aliphatic heterocycles. The van der Waals surface area contributed by atoms with Gasteiger partial charge in [0.15, 0.2) is 0 Å². The molecule has 1 amide bonds. The van der Waals surface area contributed by atoms with Crippen LogP contribution in [-0.4, -0.2) is 59.0 Å². The third-order valence-corrected chi connectivity index (χ3v) is 8.25. The second-order valence-corrected chi connectivity index (χ2v) is 12.7. The zero-order valence-electron chi connectivity index (χ0n) is 25.7. The zero-order valence-corrected chi connectivity index (χ0v) is 26.6. The van der Waals surface area contributed by atoms with Gasteiger partial charge < -0.3 is 26.2 Å². The Morgan fingerprint density at radius 2 is 1.20 bits per heavy atom. The molecule has 0 saturated carbocycles. The van der Waals surface area contributed by atoms with Gasteiger partial charge in [-0.15, -0.1) is 0 Å². The molecule has 0 bridgehead atoms. The van der Waals surface area contributed by atoms with Gasteiger partial charge in [-0.2, -0.15) is 0 Å². The van der Waals surface area contributed by atoms with Gasteiger partial charge >= 0.3 is 7.82 Å². The minimum absolute atomic E-state index is 0.0616. The Balaban J connectivity index is 4.46. The lowest BCUT2D eigenvalue weighted by atomic mass is 10.0. The Hall–Kier alpha value is -0.540. The zero-order chi connectivity index (χ0) is 29.9. The summed E-state index contributed by atoms with van der Waals surface area (Å²) in [6.45, 7) is 3.96. The van der Waals surface area contributed by atoms with Crippen LogP contribution >= 0.6 is 7.82 Å². The van der Waals surface area contributed by atoms with Gasteiger partial charge in [-0.3, -0.25) is 13.8 Å². The number of amides is 1. The van der Waals surface area contributed by atoms with Crippen molar-refractivity contribution in [2.24, 2.45) is 5.73 Å². The smallest absolute Gasteiger partial charge is 0.393 e. The summed E-state index contributed by atoms with van der Waals surface area (Å²) in [6, 6.07) is -0.886.